The molecule has 0 aliphatic heterocycles. The molecule has 18 heavy (non-hydrogen) atoms. The molecule has 3 nitrogen and oxygen atoms in total. The van der Waals surface area contributed by atoms with E-state index in [0.29, 0.717) is 0 Å². The van der Waals surface area contributed by atoms with Gasteiger partial charge in [0.05, 0.1) is 6.21 Å². The number of nitrogens with zero attached hydrogens (tertiary/aromatic N) is 1. The highest BCUT2D eigenvalue weighted by Gasteiger charge is 2.15. The Hall–Kier alpha value is -1.64. The van der Waals surface area contributed by atoms with Crippen LogP contribution in [0.4, 0.5) is 0 Å². The molecule has 0 unspecified atom stereocenters. The molecule has 0 fully saturated rings. The van der Waals surface area contributed by atoms with Gasteiger partial charge in [0, 0.05) is 5.92 Å². The lowest BCUT2D eigenvalue weighted by atomic mass is 9.98. The third-order valence-electron chi connectivity index (χ3n) is 2.83. The molecule has 0 aromatic heterocycles. The van der Waals surface area contributed by atoms with Crippen molar-refractivity contribution in [1.82, 2.24) is 5.43 Å². The van der Waals surface area contributed by atoms with Crippen LogP contribution in [0.2, 0.25) is 0 Å². The van der Waals surface area contributed by atoms with Gasteiger partial charge in [0.15, 0.2) is 0 Å². The third kappa shape index (κ3) is 5.13. The molecule has 0 aliphatic carbocycles. The van der Waals surface area contributed by atoms with Crippen molar-refractivity contribution in [2.24, 2.45) is 11.0 Å². The Morgan fingerprint density at radius 1 is 1.22 bits per heavy atom. The van der Waals surface area contributed by atoms with Crippen molar-refractivity contribution in [1.29, 1.82) is 0 Å². The molecule has 0 heterocycles. The fourth-order valence-corrected chi connectivity index (χ4v) is 1.90. The second kappa shape index (κ2) is 8.45. The molecule has 0 atom stereocenters. The van der Waals surface area contributed by atoms with Crippen LogP contribution in [0.25, 0.3) is 0 Å². The molecule has 3 heteroatoms. The Labute approximate surface area is 109 Å². The van der Waals surface area contributed by atoms with Gasteiger partial charge in [-0.05, 0) is 18.4 Å². The monoisotopic (exact) mass is 246 g/mol. The predicted octanol–water partition coefficient (Wildman–Crippen LogP) is 3.35. The van der Waals surface area contributed by atoms with Crippen LogP contribution in [0.1, 0.15) is 45.1 Å². The maximum atomic E-state index is 11.9. The fourth-order valence-electron chi connectivity index (χ4n) is 1.90. The number of carbonyl (C=O) groups is 1. The van der Waals surface area contributed by atoms with Crippen LogP contribution in [0.3, 0.4) is 0 Å². The Bertz CT molecular complexity index is 367. The summed E-state index contributed by atoms with van der Waals surface area (Å²) in [5, 5.41) is 4.00. The quantitative estimate of drug-likeness (QED) is 0.581. The first kappa shape index (κ1) is 14.4. The van der Waals surface area contributed by atoms with Crippen molar-refractivity contribution in [3.8, 4) is 0 Å². The van der Waals surface area contributed by atoms with Crippen LogP contribution in [0.15, 0.2) is 35.4 Å². The standard InChI is InChI=1S/C15H22N2O/c1-3-8-14(9-4-2)15(18)17-16-12-13-10-6-5-7-11-13/h5-7,10-12,14H,3-4,8-9H2,1-2H3,(H,17,18). The summed E-state index contributed by atoms with van der Waals surface area (Å²) in [6.45, 7) is 4.20. The lowest BCUT2D eigenvalue weighted by Gasteiger charge is -2.12. The van der Waals surface area contributed by atoms with E-state index in [2.05, 4.69) is 24.4 Å². The lowest BCUT2D eigenvalue weighted by molar-refractivity contribution is -0.125. The van der Waals surface area contributed by atoms with Gasteiger partial charge in [-0.3, -0.25) is 4.79 Å². The van der Waals surface area contributed by atoms with Crippen molar-refractivity contribution in [3.05, 3.63) is 35.9 Å². The first-order chi connectivity index (χ1) is 8.77. The Balaban J connectivity index is 2.46. The molecule has 1 aromatic carbocycles. The van der Waals surface area contributed by atoms with E-state index < -0.39 is 0 Å². The van der Waals surface area contributed by atoms with Gasteiger partial charge in [0.1, 0.15) is 0 Å². The average molecular weight is 246 g/mol. The Morgan fingerprint density at radius 3 is 2.39 bits per heavy atom. The van der Waals surface area contributed by atoms with Crippen molar-refractivity contribution in [3.63, 3.8) is 0 Å². The number of nitrogens with one attached hydrogen (secondary N) is 1. The first-order valence-electron chi connectivity index (χ1n) is 6.65. The van der Waals surface area contributed by atoms with Gasteiger partial charge in [0.25, 0.3) is 0 Å². The van der Waals surface area contributed by atoms with Crippen molar-refractivity contribution in [2.45, 2.75) is 39.5 Å². The molecule has 0 saturated heterocycles. The van der Waals surface area contributed by atoms with E-state index in [1.807, 2.05) is 30.3 Å². The molecule has 1 rings (SSSR count). The van der Waals surface area contributed by atoms with Gasteiger partial charge in [-0.2, -0.15) is 5.10 Å². The number of carbonyl (C=O) groups excluding carboxylic acids is 1. The molecule has 98 valence electrons. The summed E-state index contributed by atoms with van der Waals surface area (Å²) >= 11 is 0. The topological polar surface area (TPSA) is 41.5 Å². The minimum absolute atomic E-state index is 0.0332. The molecule has 0 radical (unpaired) electrons. The van der Waals surface area contributed by atoms with E-state index in [9.17, 15) is 4.79 Å². The van der Waals surface area contributed by atoms with Gasteiger partial charge in [0.2, 0.25) is 5.91 Å². The fraction of sp³-hybridized carbons (Fsp3) is 0.467. The number of amides is 1. The van der Waals surface area contributed by atoms with Gasteiger partial charge in [-0.15, -0.1) is 0 Å². The van der Waals surface area contributed by atoms with Crippen molar-refractivity contribution in [2.75, 3.05) is 0 Å². The summed E-state index contributed by atoms with van der Waals surface area (Å²) in [4.78, 5) is 11.9. The van der Waals surface area contributed by atoms with E-state index in [1.165, 1.54) is 0 Å². The highest BCUT2D eigenvalue weighted by Crippen LogP contribution is 2.13. The molecular formula is C15H22N2O. The molecule has 0 saturated carbocycles. The highest BCUT2D eigenvalue weighted by molar-refractivity contribution is 5.83. The van der Waals surface area contributed by atoms with Crippen molar-refractivity contribution < 1.29 is 4.79 Å². The Kier molecular flexibility index (Phi) is 6.77. The lowest BCUT2D eigenvalue weighted by Crippen LogP contribution is -2.26. The molecule has 0 bridgehead atoms. The highest BCUT2D eigenvalue weighted by atomic mass is 16.2. The molecule has 1 N–H and O–H groups in total. The Morgan fingerprint density at radius 2 is 1.83 bits per heavy atom. The summed E-state index contributed by atoms with van der Waals surface area (Å²) < 4.78 is 0. The molecule has 1 aromatic rings. The van der Waals surface area contributed by atoms with Crippen LogP contribution in [0.5, 0.6) is 0 Å². The second-order valence-electron chi connectivity index (χ2n) is 4.42. The zero-order chi connectivity index (χ0) is 13.2. The summed E-state index contributed by atoms with van der Waals surface area (Å²) in [5.74, 6) is 0.124. The molecular weight excluding hydrogens is 224 g/mol. The summed E-state index contributed by atoms with van der Waals surface area (Å²) in [6, 6.07) is 9.74. The van der Waals surface area contributed by atoms with E-state index in [0.717, 1.165) is 31.2 Å². The summed E-state index contributed by atoms with van der Waals surface area (Å²) in [5.41, 5.74) is 3.62. The van der Waals surface area contributed by atoms with Crippen LogP contribution >= 0.6 is 0 Å². The van der Waals surface area contributed by atoms with Crippen LogP contribution in [0, 0.1) is 5.92 Å². The third-order valence-corrected chi connectivity index (χ3v) is 2.83. The number of hydrogen-bond donors (Lipinski definition) is 1. The number of hydrazone groups is 1. The van der Waals surface area contributed by atoms with E-state index in [4.69, 9.17) is 0 Å². The van der Waals surface area contributed by atoms with Gasteiger partial charge in [-0.25, -0.2) is 5.43 Å². The largest absolute Gasteiger partial charge is 0.273 e. The maximum absolute atomic E-state index is 11.9. The molecule has 0 aliphatic rings. The zero-order valence-electron chi connectivity index (χ0n) is 11.2. The zero-order valence-corrected chi connectivity index (χ0v) is 11.2. The minimum Gasteiger partial charge on any atom is -0.273 e. The molecule has 1 amide bonds. The van der Waals surface area contributed by atoms with Gasteiger partial charge < -0.3 is 0 Å². The van der Waals surface area contributed by atoms with E-state index >= 15 is 0 Å². The smallest absolute Gasteiger partial charge is 0.243 e. The van der Waals surface area contributed by atoms with Crippen LogP contribution < -0.4 is 5.43 Å². The predicted molar refractivity (Wildman–Crippen MR) is 75.5 cm³/mol. The van der Waals surface area contributed by atoms with Gasteiger partial charge in [-0.1, -0.05) is 57.0 Å². The van der Waals surface area contributed by atoms with E-state index in [-0.39, 0.29) is 11.8 Å². The normalized spacial score (nSPS) is 11.1. The molecule has 0 spiro atoms. The van der Waals surface area contributed by atoms with Gasteiger partial charge >= 0.3 is 0 Å². The van der Waals surface area contributed by atoms with Crippen LogP contribution in [-0.2, 0) is 4.79 Å². The SMILES string of the molecule is CCCC(CCC)C(=O)NN=Cc1ccccc1. The van der Waals surface area contributed by atoms with Crippen LogP contribution in [-0.4, -0.2) is 12.1 Å². The maximum Gasteiger partial charge on any atom is 0.243 e. The first-order valence-corrected chi connectivity index (χ1v) is 6.65. The second-order valence-corrected chi connectivity index (χ2v) is 4.42. The van der Waals surface area contributed by atoms with Crippen molar-refractivity contribution >= 4 is 12.1 Å². The number of rotatable bonds is 7. The average Bonchev–Trinajstić information content (AvgIpc) is 2.39. The summed E-state index contributed by atoms with van der Waals surface area (Å²) in [7, 11) is 0. The minimum atomic E-state index is 0.0332. The number of hydrogen-bond acceptors (Lipinski definition) is 2. The van der Waals surface area contributed by atoms with E-state index in [1.54, 1.807) is 6.21 Å². The number of benzene rings is 1. The summed E-state index contributed by atoms with van der Waals surface area (Å²) in [6.07, 6.45) is 5.59.